The molecule has 0 unspecified atom stereocenters. The molecule has 5 rings (SSSR count). The Bertz CT molecular complexity index is 1390. The van der Waals surface area contributed by atoms with Gasteiger partial charge in [0.1, 0.15) is 12.1 Å². The van der Waals surface area contributed by atoms with Crippen LogP contribution in [0.1, 0.15) is 18.4 Å². The van der Waals surface area contributed by atoms with Gasteiger partial charge in [-0.2, -0.15) is 0 Å². The van der Waals surface area contributed by atoms with Crippen molar-refractivity contribution in [3.05, 3.63) is 48.4 Å². The van der Waals surface area contributed by atoms with Crippen molar-refractivity contribution in [2.24, 2.45) is 5.92 Å². The zero-order chi connectivity index (χ0) is 23.4. The van der Waals surface area contributed by atoms with E-state index in [0.29, 0.717) is 29.9 Å². The molecule has 0 radical (unpaired) electrons. The number of hydrogen-bond donors (Lipinski definition) is 1. The molecule has 1 aliphatic heterocycles. The van der Waals surface area contributed by atoms with Gasteiger partial charge in [-0.05, 0) is 43.9 Å². The van der Waals surface area contributed by atoms with Crippen molar-refractivity contribution in [3.8, 4) is 0 Å². The normalized spacial score (nSPS) is 21.5. The summed E-state index contributed by atoms with van der Waals surface area (Å²) in [5, 5.41) is 3.42. The zero-order valence-electron chi connectivity index (χ0n) is 18.5. The number of fused-ring (bicyclic) bond motifs is 1. The van der Waals surface area contributed by atoms with E-state index in [0.717, 1.165) is 18.4 Å². The molecule has 1 aromatic carbocycles. The van der Waals surface area contributed by atoms with Crippen LogP contribution in [0.4, 0.5) is 5.82 Å². The maximum atomic E-state index is 13.2. The van der Waals surface area contributed by atoms with E-state index in [2.05, 4.69) is 15.3 Å². The smallest absolute Gasteiger partial charge is 0.269 e. The summed E-state index contributed by atoms with van der Waals surface area (Å²) < 4.78 is 52.4. The molecule has 1 N–H and O–H groups in total. The second-order valence-electron chi connectivity index (χ2n) is 9.08. The highest BCUT2D eigenvalue weighted by molar-refractivity contribution is 7.92. The highest BCUT2D eigenvalue weighted by atomic mass is 32.2. The summed E-state index contributed by atoms with van der Waals surface area (Å²) >= 11 is 0. The van der Waals surface area contributed by atoms with E-state index in [9.17, 15) is 16.8 Å². The van der Waals surface area contributed by atoms with Crippen molar-refractivity contribution in [2.75, 3.05) is 30.8 Å². The summed E-state index contributed by atoms with van der Waals surface area (Å²) in [5.41, 5.74) is 1.30. The van der Waals surface area contributed by atoms with Gasteiger partial charge in [0.15, 0.2) is 15.5 Å². The van der Waals surface area contributed by atoms with Crippen molar-refractivity contribution < 1.29 is 16.8 Å². The van der Waals surface area contributed by atoms with E-state index in [1.54, 1.807) is 30.3 Å². The van der Waals surface area contributed by atoms with Gasteiger partial charge in [-0.25, -0.2) is 30.8 Å². The number of aryl methyl sites for hydroxylation is 1. The molecule has 2 aliphatic rings. The molecule has 33 heavy (non-hydrogen) atoms. The van der Waals surface area contributed by atoms with Crippen molar-refractivity contribution in [1.29, 1.82) is 0 Å². The minimum atomic E-state index is -3.79. The molecule has 1 aliphatic carbocycles. The summed E-state index contributed by atoms with van der Waals surface area (Å²) in [6.07, 6.45) is 4.42. The summed E-state index contributed by atoms with van der Waals surface area (Å²) in [7, 11) is -4.93. The molecule has 0 amide bonds. The Morgan fingerprint density at radius 1 is 1.06 bits per heavy atom. The predicted octanol–water partition coefficient (Wildman–Crippen LogP) is 1.58. The van der Waals surface area contributed by atoms with Gasteiger partial charge < -0.3 is 10.2 Å². The largest absolute Gasteiger partial charge is 0.356 e. The lowest BCUT2D eigenvalue weighted by atomic mass is 9.81. The van der Waals surface area contributed by atoms with Crippen LogP contribution in [-0.4, -0.2) is 68.0 Å². The third-order valence-electron chi connectivity index (χ3n) is 6.82. The lowest BCUT2D eigenvalue weighted by molar-refractivity contribution is 0.281. The van der Waals surface area contributed by atoms with E-state index in [4.69, 9.17) is 0 Å². The molecule has 11 heteroatoms. The third kappa shape index (κ3) is 3.91. The van der Waals surface area contributed by atoms with Crippen LogP contribution in [0.25, 0.3) is 11.0 Å². The Morgan fingerprint density at radius 2 is 1.76 bits per heavy atom. The number of nitrogens with zero attached hydrogens (tertiary/aromatic N) is 4. The van der Waals surface area contributed by atoms with E-state index >= 15 is 0 Å². The fourth-order valence-corrected chi connectivity index (χ4v) is 7.77. The van der Waals surface area contributed by atoms with Crippen LogP contribution in [0.3, 0.4) is 0 Å². The summed E-state index contributed by atoms with van der Waals surface area (Å²) in [6.45, 7) is 3.02. The SMILES string of the molecule is Cc1ccc(S(=O)(=O)n2ccc3c(N(C)C4CC(CS(=O)(=O)C5CNC5)C4)ncnc32)cc1. The summed E-state index contributed by atoms with van der Waals surface area (Å²) in [4.78, 5) is 10.9. The zero-order valence-corrected chi connectivity index (χ0v) is 20.2. The van der Waals surface area contributed by atoms with Gasteiger partial charge in [0.2, 0.25) is 0 Å². The van der Waals surface area contributed by atoms with E-state index in [-0.39, 0.29) is 27.9 Å². The van der Waals surface area contributed by atoms with Crippen molar-refractivity contribution >= 4 is 36.7 Å². The Kier molecular flexibility index (Phi) is 5.45. The van der Waals surface area contributed by atoms with Gasteiger partial charge in [0.05, 0.1) is 21.3 Å². The minimum absolute atomic E-state index is 0.145. The fraction of sp³-hybridized carbons (Fsp3) is 0.455. The molecule has 2 aromatic heterocycles. The molecule has 2 fully saturated rings. The highest BCUT2D eigenvalue weighted by Gasteiger charge is 2.39. The molecular weight excluding hydrogens is 462 g/mol. The first-order valence-corrected chi connectivity index (χ1v) is 14.1. The standard InChI is InChI=1S/C22H27N5O4S2/c1-15-3-5-18(6-4-15)33(30,31)27-8-7-20-21(24-14-25-22(20)27)26(2)17-9-16(10-17)13-32(28,29)19-11-23-12-19/h3-8,14,16-17,19,23H,9-13H2,1-2H3. The Morgan fingerprint density at radius 3 is 2.39 bits per heavy atom. The molecule has 1 saturated heterocycles. The van der Waals surface area contributed by atoms with E-state index in [1.807, 2.05) is 18.9 Å². The van der Waals surface area contributed by atoms with Gasteiger partial charge in [0, 0.05) is 32.4 Å². The summed E-state index contributed by atoms with van der Waals surface area (Å²) in [6, 6.07) is 8.58. The van der Waals surface area contributed by atoms with Crippen LogP contribution in [0.2, 0.25) is 0 Å². The van der Waals surface area contributed by atoms with Crippen molar-refractivity contribution in [1.82, 2.24) is 19.3 Å². The number of anilines is 1. The van der Waals surface area contributed by atoms with Crippen LogP contribution in [0, 0.1) is 12.8 Å². The fourth-order valence-electron chi connectivity index (χ4n) is 4.52. The maximum Gasteiger partial charge on any atom is 0.269 e. The topological polar surface area (TPSA) is 114 Å². The monoisotopic (exact) mass is 489 g/mol. The van der Waals surface area contributed by atoms with Crippen LogP contribution in [0.15, 0.2) is 47.8 Å². The highest BCUT2D eigenvalue weighted by Crippen LogP contribution is 2.37. The lowest BCUT2D eigenvalue weighted by Crippen LogP contribution is -2.54. The van der Waals surface area contributed by atoms with Gasteiger partial charge in [-0.1, -0.05) is 17.7 Å². The molecule has 3 heterocycles. The lowest BCUT2D eigenvalue weighted by Gasteiger charge is -2.42. The number of benzene rings is 1. The molecule has 3 aromatic rings. The van der Waals surface area contributed by atoms with Gasteiger partial charge in [-0.15, -0.1) is 0 Å². The van der Waals surface area contributed by atoms with Crippen molar-refractivity contribution in [2.45, 2.75) is 36.0 Å². The Hall–Kier alpha value is -2.50. The molecular formula is C22H27N5O4S2. The van der Waals surface area contributed by atoms with E-state index < -0.39 is 19.9 Å². The van der Waals surface area contributed by atoms with Crippen LogP contribution in [-0.2, 0) is 19.9 Å². The number of hydrogen-bond acceptors (Lipinski definition) is 8. The third-order valence-corrected chi connectivity index (χ3v) is 10.8. The van der Waals surface area contributed by atoms with Crippen LogP contribution in [0.5, 0.6) is 0 Å². The number of nitrogens with one attached hydrogen (secondary N) is 1. The van der Waals surface area contributed by atoms with Gasteiger partial charge in [0.25, 0.3) is 10.0 Å². The number of rotatable bonds is 7. The molecule has 0 spiro atoms. The van der Waals surface area contributed by atoms with E-state index in [1.165, 1.54) is 16.5 Å². The van der Waals surface area contributed by atoms with Gasteiger partial charge >= 0.3 is 0 Å². The van der Waals surface area contributed by atoms with Gasteiger partial charge in [-0.3, -0.25) is 0 Å². The van der Waals surface area contributed by atoms with Crippen LogP contribution >= 0.6 is 0 Å². The molecule has 0 atom stereocenters. The number of sulfone groups is 1. The average Bonchev–Trinajstić information content (AvgIpc) is 3.13. The second kappa shape index (κ2) is 8.07. The number of aromatic nitrogens is 3. The second-order valence-corrected chi connectivity index (χ2v) is 13.2. The molecule has 176 valence electrons. The quantitative estimate of drug-likeness (QED) is 0.532. The molecule has 1 saturated carbocycles. The average molecular weight is 490 g/mol. The summed E-state index contributed by atoms with van der Waals surface area (Å²) in [5.74, 6) is 1.02. The molecule has 0 bridgehead atoms. The maximum absolute atomic E-state index is 13.2. The Labute approximate surface area is 193 Å². The minimum Gasteiger partial charge on any atom is -0.356 e. The van der Waals surface area contributed by atoms with Crippen LogP contribution < -0.4 is 10.2 Å². The Balaban J connectivity index is 1.36. The first kappa shape index (κ1) is 22.3. The van der Waals surface area contributed by atoms with Crippen molar-refractivity contribution in [3.63, 3.8) is 0 Å². The first-order valence-electron chi connectivity index (χ1n) is 11.0. The first-order chi connectivity index (χ1) is 15.7. The molecule has 9 nitrogen and oxygen atoms in total. The predicted molar refractivity (Wildman–Crippen MR) is 127 cm³/mol.